The zero-order chi connectivity index (χ0) is 23.9. The molecule has 0 aromatic heterocycles. The number of carbonyl (C=O) groups is 3. The summed E-state index contributed by atoms with van der Waals surface area (Å²) in [6.45, 7) is 5.76. The quantitative estimate of drug-likeness (QED) is 0.506. The van der Waals surface area contributed by atoms with Gasteiger partial charge in [-0.15, -0.1) is 11.8 Å². The van der Waals surface area contributed by atoms with Crippen LogP contribution in [0.3, 0.4) is 0 Å². The van der Waals surface area contributed by atoms with Gasteiger partial charge >= 0.3 is 0 Å². The van der Waals surface area contributed by atoms with E-state index in [0.29, 0.717) is 19.3 Å². The molecule has 2 heterocycles. The molecule has 4 rings (SSSR count). The van der Waals surface area contributed by atoms with Crippen LogP contribution in [0.4, 0.5) is 0 Å². The van der Waals surface area contributed by atoms with Crippen LogP contribution in [0.5, 0.6) is 0 Å². The minimum Gasteiger partial charge on any atom is -0.390 e. The molecular formula is C24H34N4O4S. The number of amides is 3. The molecule has 6 atom stereocenters. The van der Waals surface area contributed by atoms with Crippen LogP contribution in [0.2, 0.25) is 0 Å². The second kappa shape index (κ2) is 9.27. The zero-order valence-electron chi connectivity index (χ0n) is 19.6. The fourth-order valence-corrected chi connectivity index (χ4v) is 6.84. The van der Waals surface area contributed by atoms with E-state index in [0.717, 1.165) is 16.9 Å². The smallest absolute Gasteiger partial charge is 0.246 e. The first-order valence-electron chi connectivity index (χ1n) is 11.6. The Balaban J connectivity index is 1.57. The van der Waals surface area contributed by atoms with Gasteiger partial charge in [-0.1, -0.05) is 38.1 Å². The molecule has 33 heavy (non-hydrogen) atoms. The second-order valence-corrected chi connectivity index (χ2v) is 11.3. The summed E-state index contributed by atoms with van der Waals surface area (Å²) < 4.78 is 0. The van der Waals surface area contributed by atoms with E-state index in [1.54, 1.807) is 30.6 Å². The Kier molecular flexibility index (Phi) is 6.75. The van der Waals surface area contributed by atoms with Gasteiger partial charge in [-0.3, -0.25) is 14.4 Å². The van der Waals surface area contributed by atoms with Crippen LogP contribution in [0, 0.1) is 5.41 Å². The highest BCUT2D eigenvalue weighted by Gasteiger charge is 2.55. The lowest BCUT2D eigenvalue weighted by Gasteiger charge is -2.35. The molecule has 0 radical (unpaired) electrons. The van der Waals surface area contributed by atoms with Crippen molar-refractivity contribution in [2.75, 3.05) is 12.8 Å². The number of rotatable bonds is 5. The number of aliphatic hydroxyl groups excluding tert-OH is 1. The maximum Gasteiger partial charge on any atom is 0.246 e. The summed E-state index contributed by atoms with van der Waals surface area (Å²) in [5.74, 6) is 0.0298. The van der Waals surface area contributed by atoms with Gasteiger partial charge in [0.15, 0.2) is 0 Å². The number of benzene rings is 1. The molecule has 180 valence electrons. The summed E-state index contributed by atoms with van der Waals surface area (Å²) >= 11 is 1.67. The molecule has 1 aromatic rings. The SMILES string of the molecule is CN[C@@H](C)C(=O)NC1CCSC2CC(C)(C)C(C(=O)N[C@H]3c4ccccc4C[C@H]3O)N2C1=O. The molecule has 1 aliphatic carbocycles. The lowest BCUT2D eigenvalue weighted by molar-refractivity contribution is -0.144. The first kappa shape index (κ1) is 24.0. The van der Waals surface area contributed by atoms with Gasteiger partial charge in [-0.2, -0.15) is 0 Å². The Labute approximate surface area is 199 Å². The molecule has 0 bridgehead atoms. The van der Waals surface area contributed by atoms with Crippen molar-refractivity contribution in [1.82, 2.24) is 20.9 Å². The number of nitrogens with zero attached hydrogens (tertiary/aromatic N) is 1. The third-order valence-corrected chi connectivity index (χ3v) is 8.44. The third-order valence-electron chi connectivity index (χ3n) is 7.19. The third kappa shape index (κ3) is 4.50. The van der Waals surface area contributed by atoms with E-state index in [9.17, 15) is 19.5 Å². The maximum atomic E-state index is 13.6. The van der Waals surface area contributed by atoms with Gasteiger partial charge < -0.3 is 26.0 Å². The molecule has 0 saturated carbocycles. The van der Waals surface area contributed by atoms with Gasteiger partial charge in [-0.05, 0) is 49.1 Å². The van der Waals surface area contributed by atoms with E-state index in [2.05, 4.69) is 16.0 Å². The highest BCUT2D eigenvalue weighted by molar-refractivity contribution is 7.99. The fraction of sp³-hybridized carbons (Fsp3) is 0.625. The van der Waals surface area contributed by atoms with Crippen molar-refractivity contribution in [3.8, 4) is 0 Å². The standard InChI is InChI=1S/C24H34N4O4S/c1-13(25-4)21(30)26-16-9-10-33-18-12-24(2,3)20(28(18)23(16)32)22(31)27-19-15-8-6-5-7-14(15)11-17(19)29/h5-8,13,16-20,25,29H,9-12H2,1-4H3,(H,26,30)(H,27,31)/t13-,16?,17+,18?,19-,20?/m0/s1. The van der Waals surface area contributed by atoms with E-state index in [1.165, 1.54) is 0 Å². The lowest BCUT2D eigenvalue weighted by Crippen LogP contribution is -2.58. The minimum absolute atomic E-state index is 0.118. The largest absolute Gasteiger partial charge is 0.390 e. The van der Waals surface area contributed by atoms with Gasteiger partial charge in [0, 0.05) is 6.42 Å². The molecule has 3 amide bonds. The van der Waals surface area contributed by atoms with Crippen LogP contribution >= 0.6 is 11.8 Å². The molecule has 3 aliphatic rings. The Morgan fingerprint density at radius 3 is 2.70 bits per heavy atom. The molecule has 2 fully saturated rings. The molecule has 0 spiro atoms. The molecule has 2 aliphatic heterocycles. The van der Waals surface area contributed by atoms with Crippen molar-refractivity contribution in [1.29, 1.82) is 0 Å². The molecular weight excluding hydrogens is 440 g/mol. The summed E-state index contributed by atoms with van der Waals surface area (Å²) in [5.41, 5.74) is 1.51. The Bertz CT molecular complexity index is 939. The van der Waals surface area contributed by atoms with Crippen LogP contribution in [-0.2, 0) is 20.8 Å². The number of aliphatic hydroxyl groups is 1. The normalized spacial score (nSPS) is 31.4. The number of hydrogen-bond donors (Lipinski definition) is 4. The average Bonchev–Trinajstić information content (AvgIpc) is 3.18. The van der Waals surface area contributed by atoms with Gasteiger partial charge in [-0.25, -0.2) is 0 Å². The van der Waals surface area contributed by atoms with E-state index in [-0.39, 0.29) is 23.1 Å². The van der Waals surface area contributed by atoms with Crippen molar-refractivity contribution < 1.29 is 19.5 Å². The number of fused-ring (bicyclic) bond motifs is 2. The number of likely N-dealkylation sites (N-methyl/N-ethyl adjacent to an activating group) is 1. The zero-order valence-corrected chi connectivity index (χ0v) is 20.4. The van der Waals surface area contributed by atoms with Crippen molar-refractivity contribution in [2.45, 2.75) is 75.7 Å². The summed E-state index contributed by atoms with van der Waals surface area (Å²) in [5, 5.41) is 19.3. The lowest BCUT2D eigenvalue weighted by atomic mass is 9.83. The van der Waals surface area contributed by atoms with Crippen LogP contribution in [0.15, 0.2) is 24.3 Å². The van der Waals surface area contributed by atoms with Crippen LogP contribution in [0.1, 0.15) is 50.8 Å². The van der Waals surface area contributed by atoms with Gasteiger partial charge in [0.05, 0.1) is 23.6 Å². The maximum absolute atomic E-state index is 13.6. The van der Waals surface area contributed by atoms with Gasteiger partial charge in [0.25, 0.3) is 0 Å². The Hall–Kier alpha value is -2.10. The number of carbonyl (C=O) groups excluding carboxylic acids is 3. The van der Waals surface area contributed by atoms with Crippen LogP contribution < -0.4 is 16.0 Å². The number of hydrogen-bond acceptors (Lipinski definition) is 6. The first-order valence-corrected chi connectivity index (χ1v) is 12.7. The van der Waals surface area contributed by atoms with E-state index in [1.807, 2.05) is 38.1 Å². The first-order chi connectivity index (χ1) is 15.6. The Morgan fingerprint density at radius 1 is 1.24 bits per heavy atom. The van der Waals surface area contributed by atoms with Crippen LogP contribution in [0.25, 0.3) is 0 Å². The summed E-state index contributed by atoms with van der Waals surface area (Å²) in [7, 11) is 1.70. The number of thioether (sulfide) groups is 1. The highest BCUT2D eigenvalue weighted by Crippen LogP contribution is 2.46. The van der Waals surface area contributed by atoms with E-state index >= 15 is 0 Å². The predicted octanol–water partition coefficient (Wildman–Crippen LogP) is 0.944. The van der Waals surface area contributed by atoms with Crippen molar-refractivity contribution in [3.05, 3.63) is 35.4 Å². The minimum atomic E-state index is -0.698. The number of nitrogens with one attached hydrogen (secondary N) is 3. The van der Waals surface area contributed by atoms with Crippen molar-refractivity contribution >= 4 is 29.5 Å². The van der Waals surface area contributed by atoms with Crippen molar-refractivity contribution in [3.63, 3.8) is 0 Å². The molecule has 1 aromatic carbocycles. The Morgan fingerprint density at radius 2 is 1.97 bits per heavy atom. The van der Waals surface area contributed by atoms with Gasteiger partial charge in [0.1, 0.15) is 12.1 Å². The van der Waals surface area contributed by atoms with Crippen LogP contribution in [-0.4, -0.2) is 70.1 Å². The molecule has 4 N–H and O–H groups in total. The van der Waals surface area contributed by atoms with Crippen molar-refractivity contribution in [2.24, 2.45) is 5.41 Å². The molecule has 2 saturated heterocycles. The molecule has 8 nitrogen and oxygen atoms in total. The second-order valence-electron chi connectivity index (χ2n) is 9.98. The summed E-state index contributed by atoms with van der Waals surface area (Å²) in [6.07, 6.45) is 1.02. The topological polar surface area (TPSA) is 111 Å². The monoisotopic (exact) mass is 474 g/mol. The average molecular weight is 475 g/mol. The van der Waals surface area contributed by atoms with E-state index < -0.39 is 35.7 Å². The molecule has 9 heteroatoms. The van der Waals surface area contributed by atoms with E-state index in [4.69, 9.17) is 0 Å². The summed E-state index contributed by atoms with van der Waals surface area (Å²) in [4.78, 5) is 41.4. The predicted molar refractivity (Wildman–Crippen MR) is 127 cm³/mol. The van der Waals surface area contributed by atoms with Gasteiger partial charge in [0.2, 0.25) is 17.7 Å². The molecule has 3 unspecified atom stereocenters. The summed E-state index contributed by atoms with van der Waals surface area (Å²) in [6, 6.07) is 5.48. The highest BCUT2D eigenvalue weighted by atomic mass is 32.2. The fourth-order valence-electron chi connectivity index (χ4n) is 5.26.